The molecule has 3 aromatic rings. The molecule has 0 saturated carbocycles. The van der Waals surface area contributed by atoms with Gasteiger partial charge in [-0.2, -0.15) is 0 Å². The number of fused-ring (bicyclic) bond motifs is 3. The minimum atomic E-state index is 0.737. The van der Waals surface area contributed by atoms with E-state index in [-0.39, 0.29) is 0 Å². The molecule has 2 aromatic heterocycles. The van der Waals surface area contributed by atoms with Gasteiger partial charge in [-0.3, -0.25) is 0 Å². The van der Waals surface area contributed by atoms with Gasteiger partial charge in [-0.15, -0.1) is 0 Å². The van der Waals surface area contributed by atoms with E-state index in [1.165, 1.54) is 16.5 Å². The summed E-state index contributed by atoms with van der Waals surface area (Å²) in [7, 11) is 0. The van der Waals surface area contributed by atoms with Crippen LogP contribution in [0.15, 0.2) is 47.1 Å². The first kappa shape index (κ1) is 11.7. The molecule has 100 valence electrons. The Morgan fingerprint density at radius 1 is 1.20 bits per heavy atom. The van der Waals surface area contributed by atoms with E-state index in [0.29, 0.717) is 0 Å². The van der Waals surface area contributed by atoms with Crippen molar-refractivity contribution in [2.24, 2.45) is 0 Å². The quantitative estimate of drug-likeness (QED) is 0.730. The summed E-state index contributed by atoms with van der Waals surface area (Å²) in [4.78, 5) is 6.55. The van der Waals surface area contributed by atoms with E-state index >= 15 is 0 Å². The van der Waals surface area contributed by atoms with Crippen LogP contribution in [0.4, 0.5) is 0 Å². The van der Waals surface area contributed by atoms with E-state index in [1.54, 1.807) is 6.26 Å². The summed E-state index contributed by atoms with van der Waals surface area (Å²) in [5, 5.41) is 1.29. The Labute approximate surface area is 122 Å². The highest BCUT2D eigenvalue weighted by atomic mass is 32.1. The molecule has 1 aliphatic heterocycles. The topological polar surface area (TPSA) is 32.2 Å². The van der Waals surface area contributed by atoms with Gasteiger partial charge in [0, 0.05) is 17.4 Å². The van der Waals surface area contributed by atoms with E-state index in [9.17, 15) is 0 Å². The van der Waals surface area contributed by atoms with Crippen LogP contribution in [0.1, 0.15) is 17.0 Å². The summed E-state index contributed by atoms with van der Waals surface area (Å²) in [6.07, 6.45) is 2.72. The first-order valence-corrected chi connectivity index (χ1v) is 7.15. The normalized spacial score (nSPS) is 14.8. The zero-order valence-corrected chi connectivity index (χ0v) is 11.7. The number of para-hydroxylation sites is 1. The second-order valence-electron chi connectivity index (χ2n) is 5.08. The lowest BCUT2D eigenvalue weighted by atomic mass is 10.0. The van der Waals surface area contributed by atoms with Crippen molar-refractivity contribution in [2.45, 2.75) is 13.0 Å². The van der Waals surface area contributed by atoms with Crippen LogP contribution in [0.5, 0.6) is 0 Å². The number of nitrogens with zero attached hydrogens (tertiary/aromatic N) is 1. The molecule has 0 unspecified atom stereocenters. The smallest absolute Gasteiger partial charge is 0.126 e. The van der Waals surface area contributed by atoms with Crippen LogP contribution >= 0.6 is 12.2 Å². The number of thiocarbonyl (C=S) groups is 1. The van der Waals surface area contributed by atoms with Crippen LogP contribution in [-0.2, 0) is 13.0 Å². The Bertz CT molecular complexity index is 773. The molecule has 0 spiro atoms. The first-order chi connectivity index (χ1) is 9.83. The molecule has 20 heavy (non-hydrogen) atoms. The third-order valence-electron chi connectivity index (χ3n) is 3.87. The van der Waals surface area contributed by atoms with Gasteiger partial charge in [0.1, 0.15) is 10.7 Å². The zero-order chi connectivity index (χ0) is 13.5. The first-order valence-electron chi connectivity index (χ1n) is 6.74. The number of rotatable bonds is 2. The highest BCUT2D eigenvalue weighted by Crippen LogP contribution is 2.28. The minimum absolute atomic E-state index is 0.737. The maximum Gasteiger partial charge on any atom is 0.126 e. The molecule has 4 heteroatoms. The Kier molecular flexibility index (Phi) is 2.63. The number of furan rings is 1. The largest absolute Gasteiger partial charge is 0.467 e. The van der Waals surface area contributed by atoms with Gasteiger partial charge in [0.2, 0.25) is 0 Å². The molecule has 0 amide bonds. The summed E-state index contributed by atoms with van der Waals surface area (Å²) in [6.45, 7) is 1.68. The summed E-state index contributed by atoms with van der Waals surface area (Å²) < 4.78 is 5.42. The van der Waals surface area contributed by atoms with Crippen molar-refractivity contribution in [3.05, 3.63) is 59.7 Å². The molecule has 3 heterocycles. The highest BCUT2D eigenvalue weighted by Gasteiger charge is 2.25. The Hall–Kier alpha value is -2.07. The van der Waals surface area contributed by atoms with E-state index in [4.69, 9.17) is 16.6 Å². The van der Waals surface area contributed by atoms with Gasteiger partial charge in [-0.1, -0.05) is 30.4 Å². The molecule has 1 N–H and O–H groups in total. The number of aromatic amines is 1. The van der Waals surface area contributed by atoms with E-state index in [2.05, 4.69) is 28.1 Å². The second-order valence-corrected chi connectivity index (χ2v) is 5.47. The van der Waals surface area contributed by atoms with E-state index in [1.807, 2.05) is 18.2 Å². The predicted octanol–water partition coefficient (Wildman–Crippen LogP) is 3.49. The Morgan fingerprint density at radius 3 is 2.95 bits per heavy atom. The van der Waals surface area contributed by atoms with Crippen LogP contribution in [0.3, 0.4) is 0 Å². The molecular formula is C16H14N2OS. The van der Waals surface area contributed by atoms with Crippen LogP contribution in [0.2, 0.25) is 0 Å². The van der Waals surface area contributed by atoms with Gasteiger partial charge < -0.3 is 14.3 Å². The summed E-state index contributed by atoms with van der Waals surface area (Å²) in [6, 6.07) is 12.3. The van der Waals surface area contributed by atoms with E-state index < -0.39 is 0 Å². The minimum Gasteiger partial charge on any atom is -0.467 e. The van der Waals surface area contributed by atoms with Crippen molar-refractivity contribution >= 4 is 28.1 Å². The number of aromatic nitrogens is 1. The molecule has 3 nitrogen and oxygen atoms in total. The summed E-state index contributed by atoms with van der Waals surface area (Å²) >= 11 is 5.65. The maximum atomic E-state index is 5.65. The van der Waals surface area contributed by atoms with Crippen molar-refractivity contribution in [3.63, 3.8) is 0 Å². The molecule has 0 saturated heterocycles. The molecule has 4 rings (SSSR count). The second kappa shape index (κ2) is 4.49. The van der Waals surface area contributed by atoms with Gasteiger partial charge in [-0.05, 0) is 30.2 Å². The van der Waals surface area contributed by atoms with Crippen LogP contribution < -0.4 is 0 Å². The van der Waals surface area contributed by atoms with Crippen molar-refractivity contribution in [3.8, 4) is 0 Å². The van der Waals surface area contributed by atoms with Crippen molar-refractivity contribution in [1.29, 1.82) is 0 Å². The van der Waals surface area contributed by atoms with Crippen molar-refractivity contribution in [1.82, 2.24) is 9.88 Å². The fraction of sp³-hybridized carbons (Fsp3) is 0.188. The predicted molar refractivity (Wildman–Crippen MR) is 82.8 cm³/mol. The number of benzene rings is 1. The molecule has 0 atom stereocenters. The molecule has 1 aromatic carbocycles. The third-order valence-corrected chi connectivity index (χ3v) is 4.34. The standard InChI is InChI=1S/C16H14N2OS/c20-16-15-13(12-5-1-2-6-14(12)17-15)7-8-18(16)10-11-4-3-9-19-11/h1-6,9,17H,7-8,10H2. The molecule has 0 fully saturated rings. The average Bonchev–Trinajstić information content (AvgIpc) is 3.09. The van der Waals surface area contributed by atoms with Gasteiger partial charge in [0.15, 0.2) is 0 Å². The van der Waals surface area contributed by atoms with Crippen LogP contribution in [0.25, 0.3) is 10.9 Å². The Morgan fingerprint density at radius 2 is 2.10 bits per heavy atom. The molecule has 0 radical (unpaired) electrons. The number of nitrogens with one attached hydrogen (secondary N) is 1. The molecule has 0 aliphatic carbocycles. The van der Waals surface area contributed by atoms with Gasteiger partial charge in [0.05, 0.1) is 18.5 Å². The average molecular weight is 282 g/mol. The van der Waals surface area contributed by atoms with Crippen LogP contribution in [0, 0.1) is 0 Å². The van der Waals surface area contributed by atoms with Crippen LogP contribution in [-0.4, -0.2) is 21.4 Å². The lowest BCUT2D eigenvalue weighted by molar-refractivity contribution is 0.363. The van der Waals surface area contributed by atoms with Gasteiger partial charge in [-0.25, -0.2) is 0 Å². The Balaban J connectivity index is 1.71. The monoisotopic (exact) mass is 282 g/mol. The maximum absolute atomic E-state index is 5.65. The van der Waals surface area contributed by atoms with Crippen molar-refractivity contribution in [2.75, 3.05) is 6.54 Å². The fourth-order valence-electron chi connectivity index (χ4n) is 2.89. The SMILES string of the molecule is S=C1c2[nH]c3ccccc3c2CCN1Cc1ccco1. The lowest BCUT2D eigenvalue weighted by Gasteiger charge is -2.28. The molecule has 0 bridgehead atoms. The molecule has 1 aliphatic rings. The third kappa shape index (κ3) is 1.76. The summed E-state index contributed by atoms with van der Waals surface area (Å²) in [5.74, 6) is 0.951. The molecular weight excluding hydrogens is 268 g/mol. The van der Waals surface area contributed by atoms with Gasteiger partial charge >= 0.3 is 0 Å². The van der Waals surface area contributed by atoms with E-state index in [0.717, 1.165) is 36.0 Å². The number of H-pyrrole nitrogens is 1. The fourth-order valence-corrected chi connectivity index (χ4v) is 3.22. The zero-order valence-electron chi connectivity index (χ0n) is 10.9. The lowest BCUT2D eigenvalue weighted by Crippen LogP contribution is -2.36. The summed E-state index contributed by atoms with van der Waals surface area (Å²) in [5.41, 5.74) is 3.61. The number of hydrogen-bond acceptors (Lipinski definition) is 2. The highest BCUT2D eigenvalue weighted by molar-refractivity contribution is 7.80. The van der Waals surface area contributed by atoms with Gasteiger partial charge in [0.25, 0.3) is 0 Å². The van der Waals surface area contributed by atoms with Crippen molar-refractivity contribution < 1.29 is 4.42 Å². The number of hydrogen-bond donors (Lipinski definition) is 1.